The lowest BCUT2D eigenvalue weighted by molar-refractivity contribution is 0.102. The summed E-state index contributed by atoms with van der Waals surface area (Å²) in [6, 6.07) is 17.0. The molecule has 0 bridgehead atoms. The van der Waals surface area contributed by atoms with E-state index in [-0.39, 0.29) is 11.4 Å². The third kappa shape index (κ3) is 3.86. The Morgan fingerprint density at radius 1 is 1.18 bits per heavy atom. The molecule has 0 aliphatic carbocycles. The third-order valence-corrected chi connectivity index (χ3v) is 4.70. The van der Waals surface area contributed by atoms with Gasteiger partial charge in [0.2, 0.25) is 5.88 Å². The van der Waals surface area contributed by atoms with E-state index in [1.54, 1.807) is 29.8 Å². The molecular formula is C20H16N4O3S. The molecule has 1 amide bonds. The Balaban J connectivity index is 1.49. The van der Waals surface area contributed by atoms with Crippen molar-refractivity contribution >= 4 is 28.8 Å². The summed E-state index contributed by atoms with van der Waals surface area (Å²) >= 11 is 1.35. The molecule has 4 aromatic rings. The van der Waals surface area contributed by atoms with Crippen LogP contribution in [0.2, 0.25) is 0 Å². The predicted octanol–water partition coefficient (Wildman–Crippen LogP) is 4.21. The van der Waals surface area contributed by atoms with Crippen LogP contribution in [0.15, 0.2) is 70.7 Å². The molecule has 4 rings (SSSR count). The summed E-state index contributed by atoms with van der Waals surface area (Å²) in [6.45, 7) is 0.436. The van der Waals surface area contributed by atoms with E-state index in [1.807, 2.05) is 36.4 Å². The fourth-order valence-corrected chi connectivity index (χ4v) is 3.23. The molecule has 2 aromatic carbocycles. The van der Waals surface area contributed by atoms with Gasteiger partial charge >= 0.3 is 0 Å². The molecular weight excluding hydrogens is 376 g/mol. The van der Waals surface area contributed by atoms with Crippen molar-refractivity contribution in [1.29, 1.82) is 0 Å². The summed E-state index contributed by atoms with van der Waals surface area (Å²) < 4.78 is 10.8. The number of thiazole rings is 1. The van der Waals surface area contributed by atoms with E-state index in [0.717, 1.165) is 5.56 Å². The number of nitrogens with one attached hydrogen (secondary N) is 1. The number of ether oxygens (including phenoxy) is 1. The highest BCUT2D eigenvalue weighted by atomic mass is 32.1. The Morgan fingerprint density at radius 2 is 2.04 bits per heavy atom. The van der Waals surface area contributed by atoms with E-state index in [1.165, 1.54) is 11.3 Å². The maximum absolute atomic E-state index is 12.7. The number of benzene rings is 2. The summed E-state index contributed by atoms with van der Waals surface area (Å²) in [5, 5.41) is 9.02. The first kappa shape index (κ1) is 17.7. The van der Waals surface area contributed by atoms with Crippen molar-refractivity contribution < 1.29 is 14.1 Å². The predicted molar refractivity (Wildman–Crippen MR) is 107 cm³/mol. The van der Waals surface area contributed by atoms with Gasteiger partial charge in [0, 0.05) is 23.3 Å². The standard InChI is InChI=1S/C20H16N4O3S/c21-18-16(17(24-27-18)20-22-9-10-28-20)19(25)23-14-7-4-8-15(11-14)26-12-13-5-2-1-3-6-13/h1-11H,12,21H2,(H,23,25). The lowest BCUT2D eigenvalue weighted by Gasteiger charge is -2.09. The largest absolute Gasteiger partial charge is 0.489 e. The molecule has 0 atom stereocenters. The topological polar surface area (TPSA) is 103 Å². The van der Waals surface area contributed by atoms with Crippen LogP contribution in [-0.2, 0) is 6.61 Å². The Kier molecular flexibility index (Phi) is 5.03. The van der Waals surface area contributed by atoms with Crippen LogP contribution in [0.4, 0.5) is 11.6 Å². The Bertz CT molecular complexity index is 1080. The van der Waals surface area contributed by atoms with Crippen LogP contribution in [0.25, 0.3) is 10.7 Å². The van der Waals surface area contributed by atoms with Gasteiger partial charge in [-0.25, -0.2) is 4.98 Å². The van der Waals surface area contributed by atoms with Gasteiger partial charge in [0.05, 0.1) is 0 Å². The number of anilines is 2. The maximum atomic E-state index is 12.7. The van der Waals surface area contributed by atoms with Crippen LogP contribution in [-0.4, -0.2) is 16.0 Å². The fraction of sp³-hybridized carbons (Fsp3) is 0.0500. The van der Waals surface area contributed by atoms with Crippen LogP contribution >= 0.6 is 11.3 Å². The normalized spacial score (nSPS) is 10.6. The molecule has 140 valence electrons. The number of rotatable bonds is 6. The molecule has 0 saturated carbocycles. The summed E-state index contributed by atoms with van der Waals surface area (Å²) in [5.41, 5.74) is 7.91. The molecule has 3 N–H and O–H groups in total. The van der Waals surface area contributed by atoms with Gasteiger partial charge in [-0.1, -0.05) is 41.6 Å². The van der Waals surface area contributed by atoms with E-state index in [4.69, 9.17) is 15.0 Å². The molecule has 8 heteroatoms. The third-order valence-electron chi connectivity index (χ3n) is 3.92. The van der Waals surface area contributed by atoms with E-state index < -0.39 is 5.91 Å². The first-order valence-corrected chi connectivity index (χ1v) is 9.32. The second-order valence-corrected chi connectivity index (χ2v) is 6.76. The minimum absolute atomic E-state index is 0.0563. The van der Waals surface area contributed by atoms with Gasteiger partial charge in [0.25, 0.3) is 5.91 Å². The minimum Gasteiger partial charge on any atom is -0.489 e. The average Bonchev–Trinajstić information content (AvgIpc) is 3.37. The van der Waals surface area contributed by atoms with Gasteiger partial charge in [0.1, 0.15) is 22.9 Å². The average molecular weight is 392 g/mol. The van der Waals surface area contributed by atoms with Gasteiger partial charge in [-0.15, -0.1) is 11.3 Å². The molecule has 0 unspecified atom stereocenters. The minimum atomic E-state index is -0.427. The number of carbonyl (C=O) groups is 1. The van der Waals surface area contributed by atoms with Gasteiger partial charge in [-0.3, -0.25) is 4.79 Å². The Morgan fingerprint density at radius 3 is 2.82 bits per heavy atom. The molecule has 0 aliphatic rings. The van der Waals surface area contributed by atoms with Crippen molar-refractivity contribution in [2.75, 3.05) is 11.1 Å². The molecule has 2 aromatic heterocycles. The van der Waals surface area contributed by atoms with Gasteiger partial charge in [0.15, 0.2) is 5.69 Å². The SMILES string of the molecule is Nc1onc(-c2nccs2)c1C(=O)Nc1cccc(OCc2ccccc2)c1. The van der Waals surface area contributed by atoms with Crippen LogP contribution in [0.5, 0.6) is 5.75 Å². The van der Waals surface area contributed by atoms with Crippen molar-refractivity contribution in [3.8, 4) is 16.5 Å². The maximum Gasteiger partial charge on any atom is 0.263 e. The molecule has 7 nitrogen and oxygen atoms in total. The van der Waals surface area contributed by atoms with Gasteiger partial charge in [-0.2, -0.15) is 0 Å². The molecule has 0 fully saturated rings. The van der Waals surface area contributed by atoms with Gasteiger partial charge in [-0.05, 0) is 17.7 Å². The first-order chi connectivity index (χ1) is 13.7. The van der Waals surface area contributed by atoms with Crippen molar-refractivity contribution in [1.82, 2.24) is 10.1 Å². The number of amides is 1. The summed E-state index contributed by atoms with van der Waals surface area (Å²) in [4.78, 5) is 16.9. The van der Waals surface area contributed by atoms with Crippen molar-refractivity contribution in [3.05, 3.63) is 77.3 Å². The van der Waals surface area contributed by atoms with Crippen LogP contribution in [0.3, 0.4) is 0 Å². The molecule has 0 spiro atoms. The lowest BCUT2D eigenvalue weighted by atomic mass is 10.2. The molecule has 2 heterocycles. The molecule has 0 radical (unpaired) electrons. The molecule has 0 saturated heterocycles. The van der Waals surface area contributed by atoms with E-state index in [9.17, 15) is 4.79 Å². The number of hydrogen-bond acceptors (Lipinski definition) is 7. The zero-order valence-corrected chi connectivity index (χ0v) is 15.5. The Hall–Kier alpha value is -3.65. The van der Waals surface area contributed by atoms with Crippen molar-refractivity contribution in [2.45, 2.75) is 6.61 Å². The molecule has 0 aliphatic heterocycles. The summed E-state index contributed by atoms with van der Waals surface area (Å²) in [5.74, 6) is 0.156. The molecule has 28 heavy (non-hydrogen) atoms. The first-order valence-electron chi connectivity index (χ1n) is 8.44. The van der Waals surface area contributed by atoms with Crippen molar-refractivity contribution in [2.24, 2.45) is 0 Å². The second kappa shape index (κ2) is 7.93. The number of hydrogen-bond donors (Lipinski definition) is 2. The number of nitrogens with zero attached hydrogens (tertiary/aromatic N) is 2. The second-order valence-electron chi connectivity index (χ2n) is 5.86. The zero-order valence-electron chi connectivity index (χ0n) is 14.7. The van der Waals surface area contributed by atoms with Gasteiger partial charge < -0.3 is 20.3 Å². The number of aromatic nitrogens is 2. The highest BCUT2D eigenvalue weighted by Gasteiger charge is 2.24. The van der Waals surface area contributed by atoms with E-state index in [0.29, 0.717) is 28.7 Å². The van der Waals surface area contributed by atoms with Crippen LogP contribution in [0.1, 0.15) is 15.9 Å². The monoisotopic (exact) mass is 392 g/mol. The van der Waals surface area contributed by atoms with E-state index in [2.05, 4.69) is 15.5 Å². The van der Waals surface area contributed by atoms with Crippen LogP contribution < -0.4 is 15.8 Å². The quantitative estimate of drug-likeness (QED) is 0.509. The number of nitrogen functional groups attached to an aromatic ring is 1. The Labute approximate surface area is 164 Å². The van der Waals surface area contributed by atoms with E-state index >= 15 is 0 Å². The summed E-state index contributed by atoms with van der Waals surface area (Å²) in [7, 11) is 0. The fourth-order valence-electron chi connectivity index (χ4n) is 2.61. The van der Waals surface area contributed by atoms with Crippen molar-refractivity contribution in [3.63, 3.8) is 0 Å². The lowest BCUT2D eigenvalue weighted by Crippen LogP contribution is -2.14. The zero-order chi connectivity index (χ0) is 19.3. The number of carbonyl (C=O) groups excluding carboxylic acids is 1. The van der Waals surface area contributed by atoms with Crippen LogP contribution in [0, 0.1) is 0 Å². The summed E-state index contributed by atoms with van der Waals surface area (Å²) in [6.07, 6.45) is 1.63. The highest BCUT2D eigenvalue weighted by molar-refractivity contribution is 7.13. The highest BCUT2D eigenvalue weighted by Crippen LogP contribution is 2.29. The number of nitrogens with two attached hydrogens (primary N) is 1. The smallest absolute Gasteiger partial charge is 0.263 e.